The lowest BCUT2D eigenvalue weighted by atomic mass is 10.4. The van der Waals surface area contributed by atoms with Crippen molar-refractivity contribution < 1.29 is 22.6 Å². The van der Waals surface area contributed by atoms with Crippen molar-refractivity contribution in [2.75, 3.05) is 6.61 Å². The summed E-state index contributed by atoms with van der Waals surface area (Å²) >= 11 is 0. The van der Waals surface area contributed by atoms with E-state index < -0.39 is 12.1 Å². The third kappa shape index (κ3) is 4.05. The minimum Gasteiger partial charge on any atom is -0.475 e. The number of hydrogen-bond donors (Lipinski definition) is 0. The quantitative estimate of drug-likeness (QED) is 0.783. The summed E-state index contributed by atoms with van der Waals surface area (Å²) in [5.74, 6) is -0.560. The van der Waals surface area contributed by atoms with E-state index in [0.717, 1.165) is 6.07 Å². The molecule has 0 amide bonds. The van der Waals surface area contributed by atoms with E-state index in [1.54, 1.807) is 0 Å². The first-order chi connectivity index (χ1) is 7.03. The zero-order valence-electron chi connectivity index (χ0n) is 8.04. The average Bonchev–Trinajstić information content (AvgIpc) is 2.14. The average molecular weight is 221 g/mol. The Kier molecular flexibility index (Phi) is 3.76. The maximum Gasteiger partial charge on any atom is 0.573 e. The molecule has 6 heteroatoms. The summed E-state index contributed by atoms with van der Waals surface area (Å²) in [5.41, 5.74) is 0. The Bertz CT molecular complexity index is 314. The number of rotatable bonds is 4. The van der Waals surface area contributed by atoms with Crippen molar-refractivity contribution in [1.29, 1.82) is 0 Å². The highest BCUT2D eigenvalue weighted by molar-refractivity contribution is 5.32. The number of pyridine rings is 1. The van der Waals surface area contributed by atoms with Gasteiger partial charge in [-0.05, 0) is 18.6 Å². The summed E-state index contributed by atoms with van der Waals surface area (Å²) in [7, 11) is 0. The number of hydrogen-bond acceptors (Lipinski definition) is 3. The number of alkyl halides is 3. The van der Waals surface area contributed by atoms with E-state index >= 15 is 0 Å². The highest BCUT2D eigenvalue weighted by Gasteiger charge is 2.32. The number of aromatic nitrogens is 1. The van der Waals surface area contributed by atoms with Crippen molar-refractivity contribution in [1.82, 2.24) is 4.98 Å². The van der Waals surface area contributed by atoms with Gasteiger partial charge in [-0.2, -0.15) is 0 Å². The Hall–Kier alpha value is -1.46. The molecule has 15 heavy (non-hydrogen) atoms. The van der Waals surface area contributed by atoms with E-state index in [0.29, 0.717) is 13.0 Å². The molecule has 0 N–H and O–H groups in total. The van der Waals surface area contributed by atoms with Crippen LogP contribution >= 0.6 is 0 Å². The van der Waals surface area contributed by atoms with Gasteiger partial charge in [0.25, 0.3) is 5.88 Å². The van der Waals surface area contributed by atoms with E-state index in [2.05, 4.69) is 9.72 Å². The molecule has 0 aliphatic carbocycles. The zero-order chi connectivity index (χ0) is 11.3. The van der Waals surface area contributed by atoms with Crippen LogP contribution in [-0.4, -0.2) is 18.0 Å². The highest BCUT2D eigenvalue weighted by Crippen LogP contribution is 2.29. The van der Waals surface area contributed by atoms with E-state index in [9.17, 15) is 13.2 Å². The molecule has 84 valence electrons. The van der Waals surface area contributed by atoms with Gasteiger partial charge in [-0.15, -0.1) is 13.2 Å². The van der Waals surface area contributed by atoms with Crippen molar-refractivity contribution >= 4 is 0 Å². The fourth-order valence-corrected chi connectivity index (χ4v) is 0.886. The van der Waals surface area contributed by atoms with Crippen LogP contribution in [0, 0.1) is 0 Å². The van der Waals surface area contributed by atoms with E-state index in [4.69, 9.17) is 4.74 Å². The molecule has 1 aromatic heterocycles. The molecule has 0 aromatic carbocycles. The van der Waals surface area contributed by atoms with Crippen LogP contribution in [0.25, 0.3) is 0 Å². The molecule has 0 aliphatic rings. The molecule has 0 unspecified atom stereocenters. The van der Waals surface area contributed by atoms with Crippen molar-refractivity contribution in [3.05, 3.63) is 18.3 Å². The van der Waals surface area contributed by atoms with Gasteiger partial charge in [-0.3, -0.25) is 0 Å². The third-order valence-corrected chi connectivity index (χ3v) is 1.40. The standard InChI is InChI=1S/C9H10F3NO2/c1-2-6-14-8-7(4-3-5-13-8)15-9(10,11)12/h3-5H,2,6H2,1H3. The Morgan fingerprint density at radius 3 is 2.73 bits per heavy atom. The second kappa shape index (κ2) is 4.86. The molecular weight excluding hydrogens is 211 g/mol. The molecule has 0 bridgehead atoms. The molecule has 3 nitrogen and oxygen atoms in total. The van der Waals surface area contributed by atoms with Crippen LogP contribution in [-0.2, 0) is 0 Å². The maximum absolute atomic E-state index is 11.9. The SMILES string of the molecule is CCCOc1ncccc1OC(F)(F)F. The normalized spacial score (nSPS) is 11.2. The second-order valence-electron chi connectivity index (χ2n) is 2.70. The lowest BCUT2D eigenvalue weighted by molar-refractivity contribution is -0.275. The first-order valence-corrected chi connectivity index (χ1v) is 4.36. The first-order valence-electron chi connectivity index (χ1n) is 4.36. The molecule has 0 saturated heterocycles. The minimum atomic E-state index is -4.73. The highest BCUT2D eigenvalue weighted by atomic mass is 19.4. The van der Waals surface area contributed by atoms with Crippen LogP contribution in [0.15, 0.2) is 18.3 Å². The molecule has 1 heterocycles. The third-order valence-electron chi connectivity index (χ3n) is 1.40. The largest absolute Gasteiger partial charge is 0.573 e. The molecule has 0 saturated carbocycles. The van der Waals surface area contributed by atoms with E-state index in [1.165, 1.54) is 12.3 Å². The van der Waals surface area contributed by atoms with Crippen LogP contribution in [0.4, 0.5) is 13.2 Å². The molecule has 0 aliphatic heterocycles. The van der Waals surface area contributed by atoms with Gasteiger partial charge in [0.2, 0.25) is 0 Å². The number of halogens is 3. The van der Waals surface area contributed by atoms with E-state index in [1.807, 2.05) is 6.92 Å². The topological polar surface area (TPSA) is 31.4 Å². The molecule has 1 aromatic rings. The number of nitrogens with zero attached hydrogens (tertiary/aromatic N) is 1. The van der Waals surface area contributed by atoms with E-state index in [-0.39, 0.29) is 5.88 Å². The molecule has 0 spiro atoms. The maximum atomic E-state index is 11.9. The van der Waals surface area contributed by atoms with Gasteiger partial charge in [0.15, 0.2) is 5.75 Å². The van der Waals surface area contributed by atoms with Gasteiger partial charge in [-0.1, -0.05) is 6.92 Å². The predicted octanol–water partition coefficient (Wildman–Crippen LogP) is 2.77. The van der Waals surface area contributed by atoms with Crippen LogP contribution < -0.4 is 9.47 Å². The van der Waals surface area contributed by atoms with Crippen molar-refractivity contribution in [3.63, 3.8) is 0 Å². The monoisotopic (exact) mass is 221 g/mol. The smallest absolute Gasteiger partial charge is 0.475 e. The molecule has 0 fully saturated rings. The Balaban J connectivity index is 2.77. The molecule has 0 atom stereocenters. The predicted molar refractivity (Wildman–Crippen MR) is 46.7 cm³/mol. The summed E-state index contributed by atoms with van der Waals surface area (Å²) in [6.45, 7) is 2.14. The Morgan fingerprint density at radius 1 is 1.40 bits per heavy atom. The summed E-state index contributed by atoms with van der Waals surface area (Å²) in [4.78, 5) is 3.65. The fraction of sp³-hybridized carbons (Fsp3) is 0.444. The van der Waals surface area contributed by atoms with Gasteiger partial charge >= 0.3 is 6.36 Å². The number of ether oxygens (including phenoxy) is 2. The lowest BCUT2D eigenvalue weighted by Gasteiger charge is -2.12. The van der Waals surface area contributed by atoms with Gasteiger partial charge in [0, 0.05) is 6.20 Å². The van der Waals surface area contributed by atoms with Crippen LogP contribution in [0.1, 0.15) is 13.3 Å². The first kappa shape index (κ1) is 11.6. The summed E-state index contributed by atoms with van der Waals surface area (Å²) in [6, 6.07) is 2.51. The summed E-state index contributed by atoms with van der Waals surface area (Å²) in [6.07, 6.45) is -2.70. The molecule has 1 rings (SSSR count). The van der Waals surface area contributed by atoms with Gasteiger partial charge in [-0.25, -0.2) is 4.98 Å². The Morgan fingerprint density at radius 2 is 2.13 bits per heavy atom. The fourth-order valence-electron chi connectivity index (χ4n) is 0.886. The van der Waals surface area contributed by atoms with Gasteiger partial charge in [0.1, 0.15) is 0 Å². The van der Waals surface area contributed by atoms with Crippen molar-refractivity contribution in [2.24, 2.45) is 0 Å². The summed E-state index contributed by atoms with van der Waals surface area (Å²) in [5, 5.41) is 0. The van der Waals surface area contributed by atoms with Crippen molar-refractivity contribution in [3.8, 4) is 11.6 Å². The van der Waals surface area contributed by atoms with Gasteiger partial charge in [0.05, 0.1) is 6.61 Å². The molecule has 0 radical (unpaired) electrons. The second-order valence-corrected chi connectivity index (χ2v) is 2.70. The summed E-state index contributed by atoms with van der Waals surface area (Å²) < 4.78 is 44.6. The minimum absolute atomic E-state index is 0.142. The Labute approximate surface area is 84.8 Å². The molecular formula is C9H10F3NO2. The van der Waals surface area contributed by atoms with Crippen molar-refractivity contribution in [2.45, 2.75) is 19.7 Å². The van der Waals surface area contributed by atoms with Crippen LogP contribution in [0.3, 0.4) is 0 Å². The van der Waals surface area contributed by atoms with Gasteiger partial charge < -0.3 is 9.47 Å². The zero-order valence-corrected chi connectivity index (χ0v) is 8.04. The van der Waals surface area contributed by atoms with Crippen LogP contribution in [0.5, 0.6) is 11.6 Å². The lowest BCUT2D eigenvalue weighted by Crippen LogP contribution is -2.18. The van der Waals surface area contributed by atoms with Crippen LogP contribution in [0.2, 0.25) is 0 Å².